The van der Waals surface area contributed by atoms with Crippen LogP contribution >= 0.6 is 0 Å². The molecule has 1 aromatic heterocycles. The first-order valence-corrected chi connectivity index (χ1v) is 10.9. The first kappa shape index (κ1) is 20.9. The number of primary amides is 1. The molecule has 5 rings (SSSR count). The molecule has 33 heavy (non-hydrogen) atoms. The second kappa shape index (κ2) is 8.87. The highest BCUT2D eigenvalue weighted by Crippen LogP contribution is 2.35. The van der Waals surface area contributed by atoms with Gasteiger partial charge >= 0.3 is 0 Å². The van der Waals surface area contributed by atoms with E-state index in [0.29, 0.717) is 11.6 Å². The maximum Gasteiger partial charge on any atom is 0.250 e. The lowest BCUT2D eigenvalue weighted by Gasteiger charge is -2.35. The quantitative estimate of drug-likeness (QED) is 0.534. The standard InChI is InChI=1S/C24H27N7O2/c1-33-21-15-18(29-12-9-26-10-13-29)7-8-19(21)28-31-16-20(17-5-3-2-4-6-17)30-14-11-27-24(30)22(31)23(25)32/h2-8,11,14-16,22,26,28H,9-10,12-13H2,1H3,(H2,25,32). The van der Waals surface area contributed by atoms with E-state index in [4.69, 9.17) is 10.5 Å². The van der Waals surface area contributed by atoms with E-state index < -0.39 is 11.9 Å². The van der Waals surface area contributed by atoms with Crippen LogP contribution in [-0.2, 0) is 4.79 Å². The van der Waals surface area contributed by atoms with Gasteiger partial charge in [0.05, 0.1) is 18.5 Å². The topological polar surface area (TPSA) is 101 Å². The number of piperazine rings is 1. The highest BCUT2D eigenvalue weighted by molar-refractivity contribution is 5.83. The molecule has 170 valence electrons. The number of hydrazine groups is 1. The molecule has 2 aliphatic rings. The molecule has 1 fully saturated rings. The third-order valence-corrected chi connectivity index (χ3v) is 5.97. The Balaban J connectivity index is 1.51. The minimum atomic E-state index is -0.787. The van der Waals surface area contributed by atoms with Gasteiger partial charge in [-0.05, 0) is 12.1 Å². The van der Waals surface area contributed by atoms with Gasteiger partial charge < -0.3 is 20.7 Å². The number of benzene rings is 2. The van der Waals surface area contributed by atoms with Crippen LogP contribution in [0.3, 0.4) is 0 Å². The van der Waals surface area contributed by atoms with Crippen molar-refractivity contribution < 1.29 is 9.53 Å². The van der Waals surface area contributed by atoms with Crippen molar-refractivity contribution in [2.75, 3.05) is 43.6 Å². The van der Waals surface area contributed by atoms with Gasteiger partial charge in [0.2, 0.25) is 5.91 Å². The second-order valence-electron chi connectivity index (χ2n) is 7.98. The Morgan fingerprint density at radius 3 is 2.70 bits per heavy atom. The molecule has 4 N–H and O–H groups in total. The van der Waals surface area contributed by atoms with Crippen LogP contribution in [-0.4, -0.2) is 53.8 Å². The highest BCUT2D eigenvalue weighted by atomic mass is 16.5. The van der Waals surface area contributed by atoms with Crippen LogP contribution in [0.1, 0.15) is 17.4 Å². The molecule has 9 heteroatoms. The van der Waals surface area contributed by atoms with Crippen molar-refractivity contribution >= 4 is 23.0 Å². The van der Waals surface area contributed by atoms with Crippen molar-refractivity contribution in [3.05, 3.63) is 78.5 Å². The average molecular weight is 446 g/mol. The van der Waals surface area contributed by atoms with Gasteiger partial charge in [-0.25, -0.2) is 4.98 Å². The summed E-state index contributed by atoms with van der Waals surface area (Å²) in [5.41, 5.74) is 12.9. The molecule has 1 atom stereocenters. The van der Waals surface area contributed by atoms with Crippen LogP contribution < -0.4 is 26.1 Å². The molecule has 9 nitrogen and oxygen atoms in total. The Bertz CT molecular complexity index is 1170. The number of imidazole rings is 1. The number of anilines is 2. The second-order valence-corrected chi connectivity index (χ2v) is 7.98. The van der Waals surface area contributed by atoms with Crippen LogP contribution in [0.2, 0.25) is 0 Å². The predicted octanol–water partition coefficient (Wildman–Crippen LogP) is 2.02. The lowest BCUT2D eigenvalue weighted by atomic mass is 10.1. The molecule has 0 saturated carbocycles. The maximum atomic E-state index is 12.5. The van der Waals surface area contributed by atoms with Crippen molar-refractivity contribution in [1.82, 2.24) is 19.9 Å². The summed E-state index contributed by atoms with van der Waals surface area (Å²) in [5.74, 6) is 0.723. The van der Waals surface area contributed by atoms with Crippen LogP contribution in [0.4, 0.5) is 11.4 Å². The highest BCUT2D eigenvalue weighted by Gasteiger charge is 2.34. The average Bonchev–Trinajstić information content (AvgIpc) is 3.34. The van der Waals surface area contributed by atoms with Gasteiger partial charge in [0.1, 0.15) is 11.6 Å². The Morgan fingerprint density at radius 1 is 1.18 bits per heavy atom. The summed E-state index contributed by atoms with van der Waals surface area (Å²) in [6.07, 6.45) is 5.39. The molecule has 0 aliphatic carbocycles. The normalized spacial score (nSPS) is 17.8. The largest absolute Gasteiger partial charge is 0.494 e. The minimum absolute atomic E-state index is 0.505. The number of carbonyl (C=O) groups is 1. The van der Waals surface area contributed by atoms with Crippen LogP contribution in [0.5, 0.6) is 5.75 Å². The number of hydrogen-bond donors (Lipinski definition) is 3. The number of carbonyl (C=O) groups excluding carboxylic acids is 1. The van der Waals surface area contributed by atoms with Gasteiger partial charge in [0, 0.05) is 62.1 Å². The molecule has 0 spiro atoms. The van der Waals surface area contributed by atoms with Gasteiger partial charge in [-0.15, -0.1) is 0 Å². The lowest BCUT2D eigenvalue weighted by molar-refractivity contribution is -0.122. The summed E-state index contributed by atoms with van der Waals surface area (Å²) in [5, 5.41) is 5.07. The first-order chi connectivity index (χ1) is 16.2. The number of fused-ring (bicyclic) bond motifs is 1. The zero-order valence-corrected chi connectivity index (χ0v) is 18.4. The summed E-state index contributed by atoms with van der Waals surface area (Å²) in [7, 11) is 1.64. The molecule has 2 aromatic carbocycles. The van der Waals surface area contributed by atoms with Gasteiger partial charge in [-0.2, -0.15) is 0 Å². The smallest absolute Gasteiger partial charge is 0.250 e. The number of nitrogens with two attached hydrogens (primary N) is 1. The van der Waals surface area contributed by atoms with E-state index in [1.54, 1.807) is 18.3 Å². The summed E-state index contributed by atoms with van der Waals surface area (Å²) in [4.78, 5) is 19.2. The monoisotopic (exact) mass is 445 g/mol. The Hall–Kier alpha value is -3.98. The SMILES string of the molecule is COc1cc(N2CCNCC2)ccc1NN1C=C(c2ccccc2)n2ccnc2C1C(N)=O. The summed E-state index contributed by atoms with van der Waals surface area (Å²) in [6.45, 7) is 3.79. The van der Waals surface area contributed by atoms with Crippen LogP contribution in [0.15, 0.2) is 67.1 Å². The van der Waals surface area contributed by atoms with E-state index in [1.807, 2.05) is 59.4 Å². The molecule has 3 aromatic rings. The van der Waals surface area contributed by atoms with Crippen molar-refractivity contribution in [2.24, 2.45) is 5.73 Å². The molecule has 0 radical (unpaired) electrons. The number of amides is 1. The zero-order valence-electron chi connectivity index (χ0n) is 18.4. The van der Waals surface area contributed by atoms with E-state index in [0.717, 1.165) is 48.8 Å². The van der Waals surface area contributed by atoms with E-state index in [-0.39, 0.29) is 0 Å². The maximum absolute atomic E-state index is 12.5. The Labute approximate surface area is 192 Å². The number of aromatic nitrogens is 2. The third kappa shape index (κ3) is 3.98. The van der Waals surface area contributed by atoms with Gasteiger partial charge in [0.25, 0.3) is 0 Å². The zero-order chi connectivity index (χ0) is 22.8. The van der Waals surface area contributed by atoms with E-state index >= 15 is 0 Å². The van der Waals surface area contributed by atoms with Gasteiger partial charge in [-0.3, -0.25) is 19.8 Å². The van der Waals surface area contributed by atoms with Crippen LogP contribution in [0.25, 0.3) is 5.70 Å². The number of nitrogens with one attached hydrogen (secondary N) is 2. The summed E-state index contributed by atoms with van der Waals surface area (Å²) < 4.78 is 7.59. The number of hydrogen-bond acceptors (Lipinski definition) is 7. The number of ether oxygens (including phenoxy) is 1. The number of rotatable bonds is 6. The van der Waals surface area contributed by atoms with E-state index in [9.17, 15) is 4.79 Å². The van der Waals surface area contributed by atoms with E-state index in [1.165, 1.54) is 0 Å². The van der Waals surface area contributed by atoms with Crippen LogP contribution in [0, 0.1) is 0 Å². The molecule has 1 amide bonds. The lowest BCUT2D eigenvalue weighted by Crippen LogP contribution is -2.43. The fourth-order valence-corrected chi connectivity index (χ4v) is 4.33. The van der Waals surface area contributed by atoms with E-state index in [2.05, 4.69) is 26.7 Å². The molecule has 3 heterocycles. The van der Waals surface area contributed by atoms with Gasteiger partial charge in [-0.1, -0.05) is 30.3 Å². The Kier molecular flexibility index (Phi) is 5.62. The van der Waals surface area contributed by atoms with Crippen molar-refractivity contribution in [3.8, 4) is 5.75 Å². The fourth-order valence-electron chi connectivity index (χ4n) is 4.33. The molecule has 0 bridgehead atoms. The summed E-state index contributed by atoms with van der Waals surface area (Å²) in [6, 6.07) is 15.2. The Morgan fingerprint density at radius 2 is 1.97 bits per heavy atom. The van der Waals surface area contributed by atoms with Crippen molar-refractivity contribution in [1.29, 1.82) is 0 Å². The molecular formula is C24H27N7O2. The fraction of sp³-hybridized carbons (Fsp3) is 0.250. The summed E-state index contributed by atoms with van der Waals surface area (Å²) >= 11 is 0. The van der Waals surface area contributed by atoms with Gasteiger partial charge in [0.15, 0.2) is 6.04 Å². The predicted molar refractivity (Wildman–Crippen MR) is 128 cm³/mol. The first-order valence-electron chi connectivity index (χ1n) is 10.9. The third-order valence-electron chi connectivity index (χ3n) is 5.97. The molecular weight excluding hydrogens is 418 g/mol. The minimum Gasteiger partial charge on any atom is -0.494 e. The molecule has 1 unspecified atom stereocenters. The number of nitrogens with zero attached hydrogens (tertiary/aromatic N) is 4. The molecule has 2 aliphatic heterocycles. The number of methoxy groups -OCH3 is 1. The van der Waals surface area contributed by atoms with Crippen molar-refractivity contribution in [3.63, 3.8) is 0 Å². The van der Waals surface area contributed by atoms with Crippen molar-refractivity contribution in [2.45, 2.75) is 6.04 Å². The molecule has 1 saturated heterocycles.